The molecular weight excluding hydrogens is 382 g/mol. The summed E-state index contributed by atoms with van der Waals surface area (Å²) in [4.78, 5) is 10.8. The van der Waals surface area contributed by atoms with Crippen molar-refractivity contribution in [2.24, 2.45) is 0 Å². The number of benzene rings is 3. The van der Waals surface area contributed by atoms with Gasteiger partial charge in [0.25, 0.3) is 0 Å². The third-order valence-corrected chi connectivity index (χ3v) is 5.81. The van der Waals surface area contributed by atoms with Gasteiger partial charge in [0.15, 0.2) is 0 Å². The Kier molecular flexibility index (Phi) is 5.64. The molecule has 3 aromatic carbocycles. The van der Waals surface area contributed by atoms with Crippen LogP contribution in [0.5, 0.6) is 5.75 Å². The molecule has 0 saturated carbocycles. The van der Waals surface area contributed by atoms with Gasteiger partial charge in [-0.25, -0.2) is 8.42 Å². The van der Waals surface area contributed by atoms with Gasteiger partial charge in [0.05, 0.1) is 18.6 Å². The molecule has 3 rings (SSSR count). The number of hydrogen-bond donors (Lipinski definition) is 3. The van der Waals surface area contributed by atoms with Crippen molar-refractivity contribution in [3.8, 4) is 16.9 Å². The second kappa shape index (κ2) is 7.97. The molecule has 3 aromatic rings. The number of carbonyl (C=O) groups is 1. The molecular formula is C20H19NO6S. The summed E-state index contributed by atoms with van der Waals surface area (Å²) < 4.78 is 31.8. The predicted octanol–water partition coefficient (Wildman–Crippen LogP) is 2.24. The van der Waals surface area contributed by atoms with Crippen LogP contribution in [0.1, 0.15) is 0 Å². The van der Waals surface area contributed by atoms with E-state index >= 15 is 0 Å². The Morgan fingerprint density at radius 3 is 2.21 bits per heavy atom. The van der Waals surface area contributed by atoms with Crippen LogP contribution in [0.25, 0.3) is 21.9 Å². The van der Waals surface area contributed by atoms with Crippen LogP contribution < -0.4 is 9.46 Å². The number of carboxylic acid groups (broad SMARTS) is 1. The monoisotopic (exact) mass is 401 g/mol. The average Bonchev–Trinajstić information content (AvgIpc) is 2.71. The Labute approximate surface area is 162 Å². The molecule has 0 amide bonds. The van der Waals surface area contributed by atoms with Crippen molar-refractivity contribution in [3.63, 3.8) is 0 Å². The van der Waals surface area contributed by atoms with Crippen molar-refractivity contribution in [2.45, 2.75) is 10.9 Å². The average molecular weight is 401 g/mol. The summed E-state index contributed by atoms with van der Waals surface area (Å²) in [5.74, 6) is -0.680. The molecule has 0 heterocycles. The van der Waals surface area contributed by atoms with Gasteiger partial charge in [-0.1, -0.05) is 30.3 Å². The maximum absolute atomic E-state index is 12.3. The molecule has 28 heavy (non-hydrogen) atoms. The van der Waals surface area contributed by atoms with Gasteiger partial charge < -0.3 is 14.9 Å². The van der Waals surface area contributed by atoms with Gasteiger partial charge in [-0.15, -0.1) is 0 Å². The number of rotatable bonds is 7. The second-order valence-corrected chi connectivity index (χ2v) is 7.86. The number of sulfonamides is 1. The lowest BCUT2D eigenvalue weighted by atomic mass is 10.0. The van der Waals surface area contributed by atoms with Crippen LogP contribution in [0.15, 0.2) is 65.6 Å². The lowest BCUT2D eigenvalue weighted by Gasteiger charge is -2.12. The van der Waals surface area contributed by atoms with Crippen molar-refractivity contribution in [2.75, 3.05) is 13.7 Å². The Hall–Kier alpha value is -2.94. The van der Waals surface area contributed by atoms with Crippen LogP contribution in [-0.2, 0) is 14.8 Å². The number of carboxylic acids is 1. The maximum Gasteiger partial charge on any atom is 0.324 e. The third kappa shape index (κ3) is 4.14. The molecule has 3 N–H and O–H groups in total. The fourth-order valence-corrected chi connectivity index (χ4v) is 3.96. The Morgan fingerprint density at radius 2 is 1.61 bits per heavy atom. The van der Waals surface area contributed by atoms with E-state index in [4.69, 9.17) is 14.9 Å². The number of aliphatic hydroxyl groups excluding tert-OH is 1. The first-order valence-electron chi connectivity index (χ1n) is 8.38. The molecule has 0 saturated heterocycles. The van der Waals surface area contributed by atoms with Gasteiger partial charge in [0, 0.05) is 0 Å². The molecule has 0 aliphatic rings. The quantitative estimate of drug-likeness (QED) is 0.560. The fourth-order valence-electron chi connectivity index (χ4n) is 2.78. The van der Waals surface area contributed by atoms with Gasteiger partial charge in [0.1, 0.15) is 11.8 Å². The smallest absolute Gasteiger partial charge is 0.324 e. The molecule has 0 radical (unpaired) electrons. The summed E-state index contributed by atoms with van der Waals surface area (Å²) in [5, 5.41) is 19.9. The normalized spacial score (nSPS) is 12.6. The van der Waals surface area contributed by atoms with Crippen LogP contribution in [0.4, 0.5) is 0 Å². The van der Waals surface area contributed by atoms with E-state index in [9.17, 15) is 13.2 Å². The first-order valence-corrected chi connectivity index (χ1v) is 9.86. The first kappa shape index (κ1) is 19.8. The number of hydrogen-bond acceptors (Lipinski definition) is 5. The minimum atomic E-state index is -4.06. The van der Waals surface area contributed by atoms with E-state index < -0.39 is 28.6 Å². The van der Waals surface area contributed by atoms with E-state index in [0.717, 1.165) is 27.6 Å². The topological polar surface area (TPSA) is 113 Å². The zero-order chi connectivity index (χ0) is 20.3. The van der Waals surface area contributed by atoms with Crippen molar-refractivity contribution in [1.29, 1.82) is 0 Å². The highest BCUT2D eigenvalue weighted by Gasteiger charge is 2.24. The molecule has 7 nitrogen and oxygen atoms in total. The molecule has 0 bridgehead atoms. The van der Waals surface area contributed by atoms with Crippen LogP contribution in [0.3, 0.4) is 0 Å². The van der Waals surface area contributed by atoms with Gasteiger partial charge >= 0.3 is 5.97 Å². The largest absolute Gasteiger partial charge is 0.497 e. The number of fused-ring (bicyclic) bond motifs is 1. The summed E-state index contributed by atoms with van der Waals surface area (Å²) in [7, 11) is -2.45. The Bertz CT molecular complexity index is 1110. The lowest BCUT2D eigenvalue weighted by Crippen LogP contribution is -2.43. The third-order valence-electron chi connectivity index (χ3n) is 4.32. The first-order chi connectivity index (χ1) is 13.3. The summed E-state index contributed by atoms with van der Waals surface area (Å²) >= 11 is 0. The molecule has 0 aromatic heterocycles. The van der Waals surface area contributed by atoms with E-state index in [1.807, 2.05) is 41.1 Å². The molecule has 0 aliphatic carbocycles. The molecule has 0 aliphatic heterocycles. The van der Waals surface area contributed by atoms with E-state index in [-0.39, 0.29) is 4.90 Å². The second-order valence-electron chi connectivity index (χ2n) is 6.15. The van der Waals surface area contributed by atoms with E-state index in [2.05, 4.69) is 0 Å². The van der Waals surface area contributed by atoms with Gasteiger partial charge in [-0.3, -0.25) is 4.79 Å². The van der Waals surface area contributed by atoms with Gasteiger partial charge in [0.2, 0.25) is 10.0 Å². The van der Waals surface area contributed by atoms with E-state index in [1.165, 1.54) is 12.1 Å². The van der Waals surface area contributed by atoms with Crippen LogP contribution in [-0.4, -0.2) is 44.4 Å². The highest BCUT2D eigenvalue weighted by Crippen LogP contribution is 2.27. The fraction of sp³-hybridized carbons (Fsp3) is 0.150. The zero-order valence-electron chi connectivity index (χ0n) is 15.0. The molecule has 1 atom stereocenters. The van der Waals surface area contributed by atoms with Crippen molar-refractivity contribution in [1.82, 2.24) is 4.72 Å². The maximum atomic E-state index is 12.3. The number of ether oxygens (including phenoxy) is 1. The summed E-state index contributed by atoms with van der Waals surface area (Å²) in [6, 6.07) is 16.1. The number of methoxy groups -OCH3 is 1. The minimum absolute atomic E-state index is 0.0820. The molecule has 146 valence electrons. The summed E-state index contributed by atoms with van der Waals surface area (Å²) in [5.41, 5.74) is 1.72. The van der Waals surface area contributed by atoms with E-state index in [0.29, 0.717) is 0 Å². The number of aliphatic hydroxyl groups is 1. The molecule has 0 fully saturated rings. The van der Waals surface area contributed by atoms with Crippen molar-refractivity contribution >= 4 is 26.8 Å². The van der Waals surface area contributed by atoms with Crippen molar-refractivity contribution in [3.05, 3.63) is 60.7 Å². The van der Waals surface area contributed by atoms with E-state index in [1.54, 1.807) is 19.2 Å². The highest BCUT2D eigenvalue weighted by molar-refractivity contribution is 7.89. The predicted molar refractivity (Wildman–Crippen MR) is 105 cm³/mol. The number of nitrogens with one attached hydrogen (secondary N) is 1. The zero-order valence-corrected chi connectivity index (χ0v) is 15.8. The molecule has 0 spiro atoms. The summed E-state index contributed by atoms with van der Waals surface area (Å²) in [6.45, 7) is -0.839. The van der Waals surface area contributed by atoms with Crippen molar-refractivity contribution < 1.29 is 28.2 Å². The Morgan fingerprint density at radius 1 is 1.00 bits per heavy atom. The Balaban J connectivity index is 1.88. The van der Waals surface area contributed by atoms with Gasteiger partial charge in [-0.2, -0.15) is 4.72 Å². The summed E-state index contributed by atoms with van der Waals surface area (Å²) in [6.07, 6.45) is 0. The molecule has 8 heteroatoms. The molecule has 1 unspecified atom stereocenters. The van der Waals surface area contributed by atoms with Crippen LogP contribution in [0.2, 0.25) is 0 Å². The lowest BCUT2D eigenvalue weighted by molar-refractivity contribution is -0.139. The van der Waals surface area contributed by atoms with Crippen LogP contribution >= 0.6 is 0 Å². The SMILES string of the molecule is COc1ccc2cc(-c3ccc(S(=O)(=O)NC(CO)C(=O)O)cc3)ccc2c1. The van der Waals surface area contributed by atoms with Crippen LogP contribution in [0, 0.1) is 0 Å². The highest BCUT2D eigenvalue weighted by atomic mass is 32.2. The minimum Gasteiger partial charge on any atom is -0.497 e. The van der Waals surface area contributed by atoms with Gasteiger partial charge in [-0.05, 0) is 52.2 Å². The standard InChI is InChI=1S/C20H19NO6S/c1-27-17-7-4-15-10-14(2-3-16(15)11-17)13-5-8-18(9-6-13)28(25,26)21-19(12-22)20(23)24/h2-11,19,21-22H,12H2,1H3,(H,23,24). The number of aliphatic carboxylic acids is 1.